The predicted octanol–water partition coefficient (Wildman–Crippen LogP) is 3.96. The van der Waals surface area contributed by atoms with Gasteiger partial charge in [0.15, 0.2) is 18.2 Å². The Balaban J connectivity index is 1.75. The number of nitrogens with one attached hydrogen (secondary N) is 2. The number of hydrogen-bond acceptors (Lipinski definition) is 5. The van der Waals surface area contributed by atoms with Crippen molar-refractivity contribution in [2.75, 3.05) is 23.8 Å². The molecule has 0 aromatic heterocycles. The standard InChI is InChI=1S/C22H21FN2O5S/c1-15-11-12-16(24-22(26)14-30-19-9-5-3-7-17(19)23)13-21(15)31(27,28)25-18-8-4-6-10-20(18)29-2/h3-13,25H,14H2,1-2H3,(H,24,26). The smallest absolute Gasteiger partial charge is 0.262 e. The van der Waals surface area contributed by atoms with Crippen molar-refractivity contribution in [2.24, 2.45) is 0 Å². The van der Waals surface area contributed by atoms with Crippen molar-refractivity contribution in [1.29, 1.82) is 0 Å². The van der Waals surface area contributed by atoms with Crippen molar-refractivity contribution in [3.05, 3.63) is 78.1 Å². The number of rotatable bonds is 8. The summed E-state index contributed by atoms with van der Waals surface area (Å²) in [5.41, 5.74) is 1.04. The van der Waals surface area contributed by atoms with Crippen LogP contribution in [0.3, 0.4) is 0 Å². The maximum absolute atomic E-state index is 13.6. The minimum Gasteiger partial charge on any atom is -0.495 e. The largest absolute Gasteiger partial charge is 0.495 e. The van der Waals surface area contributed by atoms with Crippen LogP contribution >= 0.6 is 0 Å². The monoisotopic (exact) mass is 444 g/mol. The third-order valence-electron chi connectivity index (χ3n) is 4.31. The highest BCUT2D eigenvalue weighted by Crippen LogP contribution is 2.28. The van der Waals surface area contributed by atoms with Crippen molar-refractivity contribution in [1.82, 2.24) is 0 Å². The van der Waals surface area contributed by atoms with E-state index in [1.165, 1.54) is 31.4 Å². The Morgan fingerprint density at radius 2 is 1.68 bits per heavy atom. The zero-order chi connectivity index (χ0) is 22.4. The van der Waals surface area contributed by atoms with E-state index in [1.54, 1.807) is 49.4 Å². The second-order valence-corrected chi connectivity index (χ2v) is 8.20. The molecule has 0 aliphatic carbocycles. The Kier molecular flexibility index (Phi) is 6.76. The van der Waals surface area contributed by atoms with E-state index < -0.39 is 28.4 Å². The lowest BCUT2D eigenvalue weighted by atomic mass is 10.2. The number of halogens is 1. The molecule has 3 aromatic rings. The quantitative estimate of drug-likeness (QED) is 0.549. The normalized spacial score (nSPS) is 10.9. The number of methoxy groups -OCH3 is 1. The van der Waals surface area contributed by atoms with E-state index in [4.69, 9.17) is 9.47 Å². The third kappa shape index (κ3) is 5.52. The van der Waals surface area contributed by atoms with Crippen molar-refractivity contribution in [2.45, 2.75) is 11.8 Å². The predicted molar refractivity (Wildman–Crippen MR) is 116 cm³/mol. The number of anilines is 2. The molecule has 0 aliphatic heterocycles. The highest BCUT2D eigenvalue weighted by molar-refractivity contribution is 7.92. The van der Waals surface area contributed by atoms with Gasteiger partial charge in [0, 0.05) is 5.69 Å². The number of ether oxygens (including phenoxy) is 2. The first kappa shape index (κ1) is 22.1. The van der Waals surface area contributed by atoms with Crippen molar-refractivity contribution >= 4 is 27.3 Å². The molecule has 2 N–H and O–H groups in total. The van der Waals surface area contributed by atoms with Gasteiger partial charge in [-0.2, -0.15) is 0 Å². The van der Waals surface area contributed by atoms with E-state index in [2.05, 4.69) is 10.0 Å². The number of para-hydroxylation sites is 3. The first-order valence-corrected chi connectivity index (χ1v) is 10.7. The maximum atomic E-state index is 13.6. The minimum absolute atomic E-state index is 0.00812. The van der Waals surface area contributed by atoms with Gasteiger partial charge in [-0.3, -0.25) is 9.52 Å². The molecule has 162 valence electrons. The molecule has 7 nitrogen and oxygen atoms in total. The molecule has 3 aromatic carbocycles. The molecule has 0 unspecified atom stereocenters. The summed E-state index contributed by atoms with van der Waals surface area (Å²) in [5, 5.41) is 2.55. The second-order valence-electron chi connectivity index (χ2n) is 6.55. The molecule has 31 heavy (non-hydrogen) atoms. The zero-order valence-corrected chi connectivity index (χ0v) is 17.7. The van der Waals surface area contributed by atoms with Gasteiger partial charge in [-0.05, 0) is 48.9 Å². The van der Waals surface area contributed by atoms with Gasteiger partial charge < -0.3 is 14.8 Å². The molecule has 0 radical (unpaired) electrons. The van der Waals surface area contributed by atoms with Crippen LogP contribution in [0.5, 0.6) is 11.5 Å². The molecular weight excluding hydrogens is 423 g/mol. The average molecular weight is 444 g/mol. The molecule has 0 heterocycles. The van der Waals surface area contributed by atoms with Crippen LogP contribution in [0.4, 0.5) is 15.8 Å². The first-order valence-electron chi connectivity index (χ1n) is 9.24. The Morgan fingerprint density at radius 1 is 1.00 bits per heavy atom. The fraction of sp³-hybridized carbons (Fsp3) is 0.136. The lowest BCUT2D eigenvalue weighted by Crippen LogP contribution is -2.21. The SMILES string of the molecule is COc1ccccc1NS(=O)(=O)c1cc(NC(=O)COc2ccccc2F)ccc1C. The fourth-order valence-corrected chi connectivity index (χ4v) is 4.14. The summed E-state index contributed by atoms with van der Waals surface area (Å²) in [6.45, 7) is 1.21. The van der Waals surface area contributed by atoms with Gasteiger partial charge >= 0.3 is 0 Å². The van der Waals surface area contributed by atoms with Crippen LogP contribution in [0.25, 0.3) is 0 Å². The zero-order valence-electron chi connectivity index (χ0n) is 16.9. The highest BCUT2D eigenvalue weighted by atomic mass is 32.2. The van der Waals surface area contributed by atoms with Crippen LogP contribution in [0.1, 0.15) is 5.56 Å². The van der Waals surface area contributed by atoms with Gasteiger partial charge in [0.05, 0.1) is 17.7 Å². The fourth-order valence-electron chi connectivity index (χ4n) is 2.80. The Labute approximate surface area is 179 Å². The minimum atomic E-state index is -3.96. The van der Waals surface area contributed by atoms with Crippen LogP contribution in [0, 0.1) is 12.7 Å². The first-order chi connectivity index (χ1) is 14.8. The maximum Gasteiger partial charge on any atom is 0.262 e. The molecule has 1 amide bonds. The van der Waals surface area contributed by atoms with Gasteiger partial charge in [-0.15, -0.1) is 0 Å². The molecule has 3 rings (SSSR count). The molecule has 9 heteroatoms. The summed E-state index contributed by atoms with van der Waals surface area (Å²) in [4.78, 5) is 12.2. The van der Waals surface area contributed by atoms with Gasteiger partial charge in [0.25, 0.3) is 15.9 Å². The lowest BCUT2D eigenvalue weighted by Gasteiger charge is -2.14. The summed E-state index contributed by atoms with van der Waals surface area (Å²) >= 11 is 0. The van der Waals surface area contributed by atoms with E-state index in [0.29, 0.717) is 11.3 Å². The molecule has 0 saturated carbocycles. The summed E-state index contributed by atoms with van der Waals surface area (Å²) in [6, 6.07) is 16.8. The van der Waals surface area contributed by atoms with E-state index in [9.17, 15) is 17.6 Å². The van der Waals surface area contributed by atoms with Crippen LogP contribution < -0.4 is 19.5 Å². The number of carbonyl (C=O) groups excluding carboxylic acids is 1. The number of carbonyl (C=O) groups is 1. The van der Waals surface area contributed by atoms with Gasteiger partial charge in [0.1, 0.15) is 5.75 Å². The summed E-state index contributed by atoms with van der Waals surface area (Å²) in [5.74, 6) is -0.820. The van der Waals surface area contributed by atoms with Crippen LogP contribution in [0.15, 0.2) is 71.6 Å². The van der Waals surface area contributed by atoms with E-state index in [0.717, 1.165) is 0 Å². The lowest BCUT2D eigenvalue weighted by molar-refractivity contribution is -0.118. The van der Waals surface area contributed by atoms with Crippen LogP contribution in [-0.2, 0) is 14.8 Å². The number of sulfonamides is 1. The van der Waals surface area contributed by atoms with Crippen LogP contribution in [0.2, 0.25) is 0 Å². The van der Waals surface area contributed by atoms with E-state index >= 15 is 0 Å². The summed E-state index contributed by atoms with van der Waals surface area (Å²) < 4.78 is 52.3. The summed E-state index contributed by atoms with van der Waals surface area (Å²) in [6.07, 6.45) is 0. The van der Waals surface area contributed by atoms with Crippen LogP contribution in [-0.4, -0.2) is 28.0 Å². The molecule has 0 spiro atoms. The molecule has 0 aliphatic rings. The van der Waals surface area contributed by atoms with Gasteiger partial charge in [-0.25, -0.2) is 12.8 Å². The number of hydrogen-bond donors (Lipinski definition) is 2. The molecular formula is C22H21FN2O5S. The molecule has 0 atom stereocenters. The van der Waals surface area contributed by atoms with Gasteiger partial charge in [0.2, 0.25) is 0 Å². The Bertz CT molecular complexity index is 1200. The van der Waals surface area contributed by atoms with Crippen molar-refractivity contribution < 1.29 is 27.1 Å². The van der Waals surface area contributed by atoms with E-state index in [1.807, 2.05) is 0 Å². The van der Waals surface area contributed by atoms with Gasteiger partial charge in [-0.1, -0.05) is 30.3 Å². The van der Waals surface area contributed by atoms with Crippen molar-refractivity contribution in [3.8, 4) is 11.5 Å². The second kappa shape index (κ2) is 9.48. The van der Waals surface area contributed by atoms with E-state index in [-0.39, 0.29) is 22.0 Å². The number of aryl methyl sites for hydroxylation is 1. The summed E-state index contributed by atoms with van der Waals surface area (Å²) in [7, 11) is -2.52. The average Bonchev–Trinajstić information content (AvgIpc) is 2.74. The molecule has 0 fully saturated rings. The Hall–Kier alpha value is -3.59. The van der Waals surface area contributed by atoms with Crippen molar-refractivity contribution in [3.63, 3.8) is 0 Å². The number of benzene rings is 3. The Morgan fingerprint density at radius 3 is 2.39 bits per heavy atom. The molecule has 0 bridgehead atoms. The third-order valence-corrected chi connectivity index (χ3v) is 5.82. The molecule has 0 saturated heterocycles. The highest BCUT2D eigenvalue weighted by Gasteiger charge is 2.20. The number of amides is 1. The topological polar surface area (TPSA) is 93.7 Å².